The zero-order chi connectivity index (χ0) is 14.7. The minimum Gasteiger partial charge on any atom is -0.346 e. The first-order chi connectivity index (χ1) is 10.3. The lowest BCUT2D eigenvalue weighted by molar-refractivity contribution is -0.132. The predicted octanol–water partition coefficient (Wildman–Crippen LogP) is 1.56. The molecule has 21 heavy (non-hydrogen) atoms. The quantitative estimate of drug-likeness (QED) is 0.897. The van der Waals surface area contributed by atoms with E-state index in [1.165, 1.54) is 6.42 Å². The van der Waals surface area contributed by atoms with Crippen LogP contribution < -0.4 is 5.32 Å². The minimum atomic E-state index is 0.223. The van der Waals surface area contributed by atoms with Crippen LogP contribution in [0.25, 0.3) is 11.0 Å². The van der Waals surface area contributed by atoms with Gasteiger partial charge in [0.2, 0.25) is 5.91 Å². The first-order valence-corrected chi connectivity index (χ1v) is 7.61. The van der Waals surface area contributed by atoms with E-state index in [-0.39, 0.29) is 5.91 Å². The number of amides is 1. The molecule has 1 saturated heterocycles. The number of hydrogen-bond acceptors (Lipinski definition) is 3. The third kappa shape index (κ3) is 3.08. The largest absolute Gasteiger partial charge is 0.346 e. The molecular weight excluding hydrogens is 264 g/mol. The fourth-order valence-corrected chi connectivity index (χ4v) is 3.18. The molecule has 0 radical (unpaired) electrons. The van der Waals surface area contributed by atoms with Crippen LogP contribution in [0.5, 0.6) is 0 Å². The van der Waals surface area contributed by atoms with Crippen LogP contribution >= 0.6 is 0 Å². The van der Waals surface area contributed by atoms with E-state index in [1.807, 2.05) is 30.3 Å². The number of rotatable bonds is 4. The van der Waals surface area contributed by atoms with E-state index in [0.29, 0.717) is 12.3 Å². The van der Waals surface area contributed by atoms with Crippen molar-refractivity contribution in [3.63, 3.8) is 0 Å². The number of carbonyl (C=O) groups is 1. The second-order valence-corrected chi connectivity index (χ2v) is 5.80. The van der Waals surface area contributed by atoms with Gasteiger partial charge in [0.05, 0.1) is 6.42 Å². The fraction of sp³-hybridized carbons (Fsp3) is 0.500. The number of piperidine rings is 1. The van der Waals surface area contributed by atoms with Gasteiger partial charge in [0.1, 0.15) is 5.65 Å². The molecule has 3 rings (SSSR count). The number of nitrogens with one attached hydrogen (secondary N) is 2. The Morgan fingerprint density at radius 3 is 3.33 bits per heavy atom. The molecule has 1 aliphatic rings. The Labute approximate surface area is 124 Å². The van der Waals surface area contributed by atoms with E-state index in [4.69, 9.17) is 0 Å². The van der Waals surface area contributed by atoms with Crippen molar-refractivity contribution in [3.8, 4) is 0 Å². The maximum Gasteiger partial charge on any atom is 0.227 e. The third-order valence-corrected chi connectivity index (χ3v) is 4.24. The summed E-state index contributed by atoms with van der Waals surface area (Å²) in [7, 11) is 1.97. The van der Waals surface area contributed by atoms with Gasteiger partial charge in [-0.2, -0.15) is 0 Å². The van der Waals surface area contributed by atoms with Gasteiger partial charge >= 0.3 is 0 Å². The van der Waals surface area contributed by atoms with Gasteiger partial charge in [-0.25, -0.2) is 4.98 Å². The van der Waals surface area contributed by atoms with Gasteiger partial charge < -0.3 is 15.2 Å². The molecule has 1 unspecified atom stereocenters. The van der Waals surface area contributed by atoms with Gasteiger partial charge in [-0.15, -0.1) is 0 Å². The molecule has 1 aliphatic heterocycles. The molecule has 0 aliphatic carbocycles. The summed E-state index contributed by atoms with van der Waals surface area (Å²) in [5.41, 5.74) is 1.89. The number of nitrogens with zero attached hydrogens (tertiary/aromatic N) is 2. The van der Waals surface area contributed by atoms with Crippen LogP contribution in [0.4, 0.5) is 0 Å². The standard InChI is InChI=1S/C16H22N4O/c1-17-9-12-4-3-7-20(11-12)15(21)8-13-10-19-16-14(13)5-2-6-18-16/h2,5-6,10,12,17H,3-4,7-9,11H2,1H3,(H,18,19). The highest BCUT2D eigenvalue weighted by Gasteiger charge is 2.23. The number of aromatic amines is 1. The molecule has 0 bridgehead atoms. The van der Waals surface area contributed by atoms with Crippen molar-refractivity contribution < 1.29 is 4.79 Å². The maximum atomic E-state index is 12.5. The summed E-state index contributed by atoms with van der Waals surface area (Å²) in [5, 5.41) is 4.27. The van der Waals surface area contributed by atoms with Crippen LogP contribution in [-0.4, -0.2) is 47.5 Å². The van der Waals surface area contributed by atoms with Crippen molar-refractivity contribution >= 4 is 16.9 Å². The summed E-state index contributed by atoms with van der Waals surface area (Å²) in [6.07, 6.45) is 6.44. The van der Waals surface area contributed by atoms with Crippen molar-refractivity contribution in [2.45, 2.75) is 19.3 Å². The lowest BCUT2D eigenvalue weighted by Crippen LogP contribution is -2.43. The van der Waals surface area contributed by atoms with Crippen LogP contribution in [0.3, 0.4) is 0 Å². The Bertz CT molecular complexity index is 620. The fourth-order valence-electron chi connectivity index (χ4n) is 3.18. The predicted molar refractivity (Wildman–Crippen MR) is 83.0 cm³/mol. The zero-order valence-corrected chi connectivity index (χ0v) is 12.4. The molecule has 0 spiro atoms. The Balaban J connectivity index is 1.68. The molecule has 3 heterocycles. The summed E-state index contributed by atoms with van der Waals surface area (Å²) < 4.78 is 0. The van der Waals surface area contributed by atoms with E-state index in [9.17, 15) is 4.79 Å². The lowest BCUT2D eigenvalue weighted by atomic mass is 9.97. The van der Waals surface area contributed by atoms with Gasteiger partial charge in [0, 0.05) is 30.9 Å². The van der Waals surface area contributed by atoms with Crippen LogP contribution in [-0.2, 0) is 11.2 Å². The zero-order valence-electron chi connectivity index (χ0n) is 12.4. The van der Waals surface area contributed by atoms with E-state index < -0.39 is 0 Å². The third-order valence-electron chi connectivity index (χ3n) is 4.24. The second kappa shape index (κ2) is 6.26. The number of pyridine rings is 1. The molecule has 2 aromatic rings. The van der Waals surface area contributed by atoms with Crippen molar-refractivity contribution in [2.24, 2.45) is 5.92 Å². The molecule has 2 N–H and O–H groups in total. The van der Waals surface area contributed by atoms with Gasteiger partial charge in [-0.1, -0.05) is 0 Å². The molecule has 5 heteroatoms. The number of carbonyl (C=O) groups excluding carboxylic acids is 1. The van der Waals surface area contributed by atoms with E-state index >= 15 is 0 Å². The molecule has 0 aromatic carbocycles. The van der Waals surface area contributed by atoms with E-state index in [1.54, 1.807) is 6.20 Å². The Morgan fingerprint density at radius 2 is 2.48 bits per heavy atom. The number of fused-ring (bicyclic) bond motifs is 1. The number of aromatic nitrogens is 2. The maximum absolute atomic E-state index is 12.5. The van der Waals surface area contributed by atoms with Crippen LogP contribution in [0.2, 0.25) is 0 Å². The van der Waals surface area contributed by atoms with Gasteiger partial charge in [0.15, 0.2) is 0 Å². The average Bonchev–Trinajstić information content (AvgIpc) is 2.91. The van der Waals surface area contributed by atoms with Crippen LogP contribution in [0, 0.1) is 5.92 Å². The molecule has 2 aromatic heterocycles. The molecule has 0 saturated carbocycles. The summed E-state index contributed by atoms with van der Waals surface area (Å²) in [6, 6.07) is 3.93. The highest BCUT2D eigenvalue weighted by atomic mass is 16.2. The molecular formula is C16H22N4O. The lowest BCUT2D eigenvalue weighted by Gasteiger charge is -2.32. The van der Waals surface area contributed by atoms with Gasteiger partial charge in [-0.05, 0) is 50.0 Å². The first kappa shape index (κ1) is 14.1. The van der Waals surface area contributed by atoms with E-state index in [0.717, 1.165) is 42.7 Å². The number of likely N-dealkylation sites (tertiary alicyclic amines) is 1. The summed E-state index contributed by atoms with van der Waals surface area (Å²) >= 11 is 0. The number of hydrogen-bond donors (Lipinski definition) is 2. The van der Waals surface area contributed by atoms with E-state index in [2.05, 4.69) is 15.3 Å². The Hall–Kier alpha value is -1.88. The van der Waals surface area contributed by atoms with Gasteiger partial charge in [0.25, 0.3) is 0 Å². The highest BCUT2D eigenvalue weighted by Crippen LogP contribution is 2.20. The first-order valence-electron chi connectivity index (χ1n) is 7.61. The SMILES string of the molecule is CNCC1CCCN(C(=O)Cc2c[nH]c3ncccc23)C1. The Morgan fingerprint density at radius 1 is 1.57 bits per heavy atom. The molecule has 1 atom stereocenters. The van der Waals surface area contributed by atoms with Crippen molar-refractivity contribution in [3.05, 3.63) is 30.1 Å². The van der Waals surface area contributed by atoms with Crippen molar-refractivity contribution in [2.75, 3.05) is 26.7 Å². The number of H-pyrrole nitrogens is 1. The second-order valence-electron chi connectivity index (χ2n) is 5.80. The normalized spacial score (nSPS) is 19.1. The summed E-state index contributed by atoms with van der Waals surface area (Å²) in [4.78, 5) is 21.9. The van der Waals surface area contributed by atoms with Crippen LogP contribution in [0.1, 0.15) is 18.4 Å². The smallest absolute Gasteiger partial charge is 0.227 e. The van der Waals surface area contributed by atoms with Crippen molar-refractivity contribution in [1.82, 2.24) is 20.2 Å². The van der Waals surface area contributed by atoms with Crippen molar-refractivity contribution in [1.29, 1.82) is 0 Å². The summed E-state index contributed by atoms with van der Waals surface area (Å²) in [6.45, 7) is 2.75. The molecule has 1 amide bonds. The summed E-state index contributed by atoms with van der Waals surface area (Å²) in [5.74, 6) is 0.804. The molecule has 5 nitrogen and oxygen atoms in total. The Kier molecular flexibility index (Phi) is 4.20. The monoisotopic (exact) mass is 286 g/mol. The highest BCUT2D eigenvalue weighted by molar-refractivity contribution is 5.87. The average molecular weight is 286 g/mol. The van der Waals surface area contributed by atoms with Crippen LogP contribution in [0.15, 0.2) is 24.5 Å². The molecule has 112 valence electrons. The molecule has 1 fully saturated rings. The minimum absolute atomic E-state index is 0.223. The van der Waals surface area contributed by atoms with Gasteiger partial charge in [-0.3, -0.25) is 4.79 Å². The topological polar surface area (TPSA) is 61.0 Å².